The molecule has 3 rings (SSSR count). The molecule has 3 heterocycles. The van der Waals surface area contributed by atoms with E-state index in [0.29, 0.717) is 0 Å². The van der Waals surface area contributed by atoms with Crippen molar-refractivity contribution in [1.82, 2.24) is 9.38 Å². The van der Waals surface area contributed by atoms with E-state index in [1.54, 1.807) is 7.11 Å². The second-order valence-corrected chi connectivity index (χ2v) is 5.79. The lowest BCUT2D eigenvalue weighted by atomic mass is 10.2. The number of imidazole rings is 1. The minimum atomic E-state index is 0.755. The van der Waals surface area contributed by atoms with Crippen LogP contribution in [0.1, 0.15) is 18.5 Å². The highest BCUT2D eigenvalue weighted by molar-refractivity contribution is 8.00. The Hall–Kier alpha value is -1.16. The van der Waals surface area contributed by atoms with Gasteiger partial charge in [0.15, 0.2) is 11.4 Å². The summed E-state index contributed by atoms with van der Waals surface area (Å²) in [7, 11) is 1.69. The first-order valence-electron chi connectivity index (χ1n) is 5.99. The van der Waals surface area contributed by atoms with Gasteiger partial charge in [-0.1, -0.05) is 0 Å². The molecular weight excluding hydrogens is 232 g/mol. The van der Waals surface area contributed by atoms with Gasteiger partial charge in [-0.05, 0) is 30.7 Å². The molecule has 0 spiro atoms. The van der Waals surface area contributed by atoms with Crippen molar-refractivity contribution in [2.75, 3.05) is 12.9 Å². The number of hydrogen-bond acceptors (Lipinski definition) is 3. The molecule has 1 aliphatic heterocycles. The van der Waals surface area contributed by atoms with Crippen molar-refractivity contribution in [2.24, 2.45) is 0 Å². The van der Waals surface area contributed by atoms with Gasteiger partial charge in [0.05, 0.1) is 12.8 Å². The Morgan fingerprint density at radius 2 is 2.53 bits per heavy atom. The summed E-state index contributed by atoms with van der Waals surface area (Å²) < 4.78 is 7.37. The van der Waals surface area contributed by atoms with Crippen LogP contribution in [0.3, 0.4) is 0 Å². The fraction of sp³-hybridized carbons (Fsp3) is 0.462. The molecule has 2 aromatic heterocycles. The van der Waals surface area contributed by atoms with Crippen LogP contribution in [-0.2, 0) is 6.42 Å². The highest BCUT2D eigenvalue weighted by Gasteiger charge is 2.17. The van der Waals surface area contributed by atoms with Gasteiger partial charge in [0.1, 0.15) is 0 Å². The molecule has 1 unspecified atom stereocenters. The van der Waals surface area contributed by atoms with Crippen LogP contribution < -0.4 is 4.74 Å². The van der Waals surface area contributed by atoms with Crippen molar-refractivity contribution in [1.29, 1.82) is 0 Å². The van der Waals surface area contributed by atoms with Crippen LogP contribution >= 0.6 is 11.8 Å². The van der Waals surface area contributed by atoms with E-state index in [2.05, 4.69) is 22.9 Å². The fourth-order valence-electron chi connectivity index (χ4n) is 2.33. The van der Waals surface area contributed by atoms with Crippen molar-refractivity contribution in [3.05, 3.63) is 30.2 Å². The molecule has 2 aromatic rings. The van der Waals surface area contributed by atoms with Gasteiger partial charge >= 0.3 is 0 Å². The first kappa shape index (κ1) is 11.0. The van der Waals surface area contributed by atoms with E-state index >= 15 is 0 Å². The van der Waals surface area contributed by atoms with E-state index in [-0.39, 0.29) is 0 Å². The SMILES string of the molecule is COc1cccn2cc(CC3CCCS3)nc12. The first-order chi connectivity index (χ1) is 8.36. The number of nitrogens with zero attached hydrogens (tertiary/aromatic N) is 2. The molecule has 1 saturated heterocycles. The van der Waals surface area contributed by atoms with Crippen LogP contribution in [0, 0.1) is 0 Å². The van der Waals surface area contributed by atoms with Crippen LogP contribution in [0.25, 0.3) is 5.65 Å². The monoisotopic (exact) mass is 248 g/mol. The number of aromatic nitrogens is 2. The van der Waals surface area contributed by atoms with Gasteiger partial charge in [-0.3, -0.25) is 0 Å². The van der Waals surface area contributed by atoms with Crippen LogP contribution in [0.4, 0.5) is 0 Å². The lowest BCUT2D eigenvalue weighted by Gasteiger charge is -2.03. The zero-order valence-corrected chi connectivity index (χ0v) is 10.7. The third-order valence-electron chi connectivity index (χ3n) is 3.18. The Labute approximate surface area is 105 Å². The molecule has 0 radical (unpaired) electrons. The summed E-state index contributed by atoms with van der Waals surface area (Å²) in [5.74, 6) is 2.15. The molecule has 1 fully saturated rings. The van der Waals surface area contributed by atoms with E-state index in [1.807, 2.05) is 22.7 Å². The third kappa shape index (κ3) is 2.14. The summed E-state index contributed by atoms with van der Waals surface area (Å²) >= 11 is 2.08. The lowest BCUT2D eigenvalue weighted by molar-refractivity contribution is 0.417. The Morgan fingerprint density at radius 3 is 3.29 bits per heavy atom. The summed E-state index contributed by atoms with van der Waals surface area (Å²) in [6, 6.07) is 3.94. The molecule has 90 valence electrons. The zero-order chi connectivity index (χ0) is 11.7. The molecule has 1 atom stereocenters. The molecule has 0 aliphatic carbocycles. The molecule has 1 aliphatic rings. The normalized spacial score (nSPS) is 19.9. The van der Waals surface area contributed by atoms with Crippen LogP contribution in [0.15, 0.2) is 24.5 Å². The standard InChI is InChI=1S/C13H16N2OS/c1-16-12-5-2-6-15-9-10(14-13(12)15)8-11-4-3-7-17-11/h2,5-6,9,11H,3-4,7-8H2,1H3. The first-order valence-corrected chi connectivity index (χ1v) is 7.04. The Balaban J connectivity index is 1.90. The van der Waals surface area contributed by atoms with Gasteiger partial charge in [0.25, 0.3) is 0 Å². The Kier molecular flexibility index (Phi) is 2.97. The second-order valence-electron chi connectivity index (χ2n) is 4.38. The number of pyridine rings is 1. The lowest BCUT2D eigenvalue weighted by Crippen LogP contribution is -2.01. The summed E-state index contributed by atoms with van der Waals surface area (Å²) in [4.78, 5) is 4.67. The minimum Gasteiger partial charge on any atom is -0.493 e. The summed E-state index contributed by atoms with van der Waals surface area (Å²) in [5, 5.41) is 0.755. The van der Waals surface area contributed by atoms with E-state index in [4.69, 9.17) is 4.74 Å². The summed E-state index contributed by atoms with van der Waals surface area (Å²) in [5.41, 5.74) is 2.10. The highest BCUT2D eigenvalue weighted by atomic mass is 32.2. The van der Waals surface area contributed by atoms with Gasteiger partial charge < -0.3 is 9.14 Å². The van der Waals surface area contributed by atoms with E-state index in [9.17, 15) is 0 Å². The maximum absolute atomic E-state index is 5.32. The smallest absolute Gasteiger partial charge is 0.179 e. The number of rotatable bonds is 3. The largest absolute Gasteiger partial charge is 0.493 e. The molecular formula is C13H16N2OS. The van der Waals surface area contributed by atoms with Crippen molar-refractivity contribution in [3.63, 3.8) is 0 Å². The molecule has 4 heteroatoms. The topological polar surface area (TPSA) is 26.5 Å². The number of hydrogen-bond donors (Lipinski definition) is 0. The van der Waals surface area contributed by atoms with Crippen molar-refractivity contribution in [3.8, 4) is 5.75 Å². The van der Waals surface area contributed by atoms with Gasteiger partial charge in [-0.2, -0.15) is 11.8 Å². The molecule has 0 N–H and O–H groups in total. The van der Waals surface area contributed by atoms with Gasteiger partial charge in [-0.25, -0.2) is 4.98 Å². The van der Waals surface area contributed by atoms with Gasteiger partial charge in [0.2, 0.25) is 0 Å². The third-order valence-corrected chi connectivity index (χ3v) is 4.58. The predicted molar refractivity (Wildman–Crippen MR) is 70.9 cm³/mol. The average molecular weight is 248 g/mol. The molecule has 3 nitrogen and oxygen atoms in total. The number of fused-ring (bicyclic) bond motifs is 1. The molecule has 0 saturated carbocycles. The maximum atomic E-state index is 5.32. The highest BCUT2D eigenvalue weighted by Crippen LogP contribution is 2.29. The molecule has 17 heavy (non-hydrogen) atoms. The van der Waals surface area contributed by atoms with E-state index < -0.39 is 0 Å². The second kappa shape index (κ2) is 4.61. The predicted octanol–water partition coefficient (Wildman–Crippen LogP) is 2.78. The van der Waals surface area contributed by atoms with E-state index in [1.165, 1.54) is 24.3 Å². The Bertz CT molecular complexity index is 517. The average Bonchev–Trinajstić information content (AvgIpc) is 2.97. The number of methoxy groups -OCH3 is 1. The number of thioether (sulfide) groups is 1. The van der Waals surface area contributed by atoms with E-state index in [0.717, 1.165) is 23.1 Å². The van der Waals surface area contributed by atoms with Crippen molar-refractivity contribution < 1.29 is 4.74 Å². The molecule has 0 amide bonds. The summed E-state index contributed by atoms with van der Waals surface area (Å²) in [6.45, 7) is 0. The maximum Gasteiger partial charge on any atom is 0.179 e. The molecule has 0 aromatic carbocycles. The Morgan fingerprint density at radius 1 is 1.59 bits per heavy atom. The van der Waals surface area contributed by atoms with Crippen LogP contribution in [0.5, 0.6) is 5.75 Å². The summed E-state index contributed by atoms with van der Waals surface area (Å²) in [6.07, 6.45) is 7.91. The van der Waals surface area contributed by atoms with Crippen LogP contribution in [-0.4, -0.2) is 27.5 Å². The fourth-order valence-corrected chi connectivity index (χ4v) is 3.62. The quantitative estimate of drug-likeness (QED) is 0.835. The van der Waals surface area contributed by atoms with Crippen molar-refractivity contribution in [2.45, 2.75) is 24.5 Å². The zero-order valence-electron chi connectivity index (χ0n) is 9.93. The number of ether oxygens (including phenoxy) is 1. The van der Waals surface area contributed by atoms with Gasteiger partial charge in [0, 0.05) is 24.1 Å². The van der Waals surface area contributed by atoms with Crippen LogP contribution in [0.2, 0.25) is 0 Å². The molecule has 0 bridgehead atoms. The van der Waals surface area contributed by atoms with Crippen molar-refractivity contribution >= 4 is 17.4 Å². The van der Waals surface area contributed by atoms with Gasteiger partial charge in [-0.15, -0.1) is 0 Å². The minimum absolute atomic E-state index is 0.755.